The first-order valence-electron chi connectivity index (χ1n) is 6.21. The molecule has 0 aromatic heterocycles. The second kappa shape index (κ2) is 4.57. The Morgan fingerprint density at radius 2 is 2.18 bits per heavy atom. The lowest BCUT2D eigenvalue weighted by Gasteiger charge is -2.29. The summed E-state index contributed by atoms with van der Waals surface area (Å²) in [5, 5.41) is 0. The molecule has 3 nitrogen and oxygen atoms in total. The van der Waals surface area contributed by atoms with Gasteiger partial charge in [0.05, 0.1) is 6.61 Å². The molecule has 3 heteroatoms. The van der Waals surface area contributed by atoms with Gasteiger partial charge in [-0.1, -0.05) is 0 Å². The Balaban J connectivity index is 2.16. The average molecular weight is 234 g/mol. The molecule has 0 saturated carbocycles. The third-order valence-corrected chi connectivity index (χ3v) is 2.98. The van der Waals surface area contributed by atoms with Crippen molar-refractivity contribution < 1.29 is 4.74 Å². The van der Waals surface area contributed by atoms with Crippen LogP contribution in [-0.2, 0) is 6.42 Å². The van der Waals surface area contributed by atoms with Gasteiger partial charge in [0.2, 0.25) is 0 Å². The number of nitrogens with zero attached hydrogens (tertiary/aromatic N) is 1. The predicted octanol–water partition coefficient (Wildman–Crippen LogP) is 2.19. The lowest BCUT2D eigenvalue weighted by molar-refractivity contribution is 0.288. The Kier molecular flexibility index (Phi) is 3.29. The number of aryl methyl sites for hydroxylation is 1. The van der Waals surface area contributed by atoms with Crippen molar-refractivity contribution in [3.05, 3.63) is 23.8 Å². The van der Waals surface area contributed by atoms with Crippen molar-refractivity contribution in [1.82, 2.24) is 0 Å². The van der Waals surface area contributed by atoms with Crippen molar-refractivity contribution in [3.8, 4) is 5.75 Å². The van der Waals surface area contributed by atoms with Crippen LogP contribution in [0.2, 0.25) is 0 Å². The molecule has 2 rings (SSSR count). The summed E-state index contributed by atoms with van der Waals surface area (Å²) in [4.78, 5) is 2.20. The largest absolute Gasteiger partial charge is 0.493 e. The molecule has 0 aliphatic carbocycles. The third kappa shape index (κ3) is 3.13. The zero-order chi connectivity index (χ0) is 12.5. The fourth-order valence-electron chi connectivity index (χ4n) is 2.29. The second-order valence-electron chi connectivity index (χ2n) is 5.59. The van der Waals surface area contributed by atoms with Crippen LogP contribution in [0, 0.1) is 0 Å². The van der Waals surface area contributed by atoms with Crippen LogP contribution < -0.4 is 15.4 Å². The molecule has 1 heterocycles. The summed E-state index contributed by atoms with van der Waals surface area (Å²) in [5.74, 6) is 1.04. The highest BCUT2D eigenvalue weighted by molar-refractivity contribution is 5.53. The Bertz CT molecular complexity index is 396. The predicted molar refractivity (Wildman–Crippen MR) is 71.8 cm³/mol. The van der Waals surface area contributed by atoms with E-state index in [-0.39, 0.29) is 5.54 Å². The van der Waals surface area contributed by atoms with Gasteiger partial charge in [-0.3, -0.25) is 0 Å². The lowest BCUT2D eigenvalue weighted by Crippen LogP contribution is -2.44. The number of nitrogens with two attached hydrogens (primary N) is 1. The second-order valence-corrected chi connectivity index (χ2v) is 5.59. The van der Waals surface area contributed by atoms with Gasteiger partial charge in [0.15, 0.2) is 0 Å². The molecule has 1 aromatic carbocycles. The number of anilines is 1. The molecule has 1 aliphatic heterocycles. The van der Waals surface area contributed by atoms with E-state index in [9.17, 15) is 0 Å². The minimum atomic E-state index is -0.179. The number of hydrogen-bond acceptors (Lipinski definition) is 3. The molecule has 17 heavy (non-hydrogen) atoms. The normalized spacial score (nSPS) is 15.1. The van der Waals surface area contributed by atoms with Crippen LogP contribution in [-0.4, -0.2) is 25.7 Å². The molecule has 0 saturated heterocycles. The van der Waals surface area contributed by atoms with Gasteiger partial charge in [-0.25, -0.2) is 0 Å². The highest BCUT2D eigenvalue weighted by Gasteiger charge is 2.16. The zero-order valence-electron chi connectivity index (χ0n) is 11.0. The van der Waals surface area contributed by atoms with Gasteiger partial charge in [-0.2, -0.15) is 0 Å². The number of hydrogen-bond donors (Lipinski definition) is 1. The molecule has 0 fully saturated rings. The number of rotatable bonds is 3. The third-order valence-electron chi connectivity index (χ3n) is 2.98. The Morgan fingerprint density at radius 1 is 1.41 bits per heavy atom. The summed E-state index contributed by atoms with van der Waals surface area (Å²) in [6, 6.07) is 6.40. The van der Waals surface area contributed by atoms with Crippen molar-refractivity contribution in [2.24, 2.45) is 5.73 Å². The summed E-state index contributed by atoms with van der Waals surface area (Å²) in [6.07, 6.45) is 2.23. The van der Waals surface area contributed by atoms with Gasteiger partial charge in [0.1, 0.15) is 5.75 Å². The maximum absolute atomic E-state index is 6.05. The molecule has 1 aromatic rings. The molecule has 0 atom stereocenters. The minimum absolute atomic E-state index is 0.179. The average Bonchev–Trinajstić information content (AvgIpc) is 2.26. The first-order valence-corrected chi connectivity index (χ1v) is 6.21. The van der Waals surface area contributed by atoms with Crippen LogP contribution in [0.1, 0.15) is 25.8 Å². The van der Waals surface area contributed by atoms with E-state index >= 15 is 0 Å². The molecule has 1 aliphatic rings. The molecule has 0 spiro atoms. The molecule has 0 unspecified atom stereocenters. The maximum Gasteiger partial charge on any atom is 0.122 e. The Labute approximate surface area is 104 Å². The topological polar surface area (TPSA) is 38.5 Å². The van der Waals surface area contributed by atoms with Gasteiger partial charge < -0.3 is 15.4 Å². The summed E-state index contributed by atoms with van der Waals surface area (Å²) in [7, 11) is 2.08. The van der Waals surface area contributed by atoms with E-state index in [1.807, 2.05) is 13.8 Å². The van der Waals surface area contributed by atoms with Crippen LogP contribution >= 0.6 is 0 Å². The monoisotopic (exact) mass is 234 g/mol. The van der Waals surface area contributed by atoms with E-state index in [4.69, 9.17) is 10.5 Å². The Hall–Kier alpha value is -1.22. The van der Waals surface area contributed by atoms with Crippen LogP contribution in [0.25, 0.3) is 0 Å². The highest BCUT2D eigenvalue weighted by atomic mass is 16.5. The highest BCUT2D eigenvalue weighted by Crippen LogP contribution is 2.29. The van der Waals surface area contributed by atoms with E-state index in [1.165, 1.54) is 11.3 Å². The minimum Gasteiger partial charge on any atom is -0.493 e. The van der Waals surface area contributed by atoms with Gasteiger partial charge in [-0.15, -0.1) is 0 Å². The van der Waals surface area contributed by atoms with Crippen molar-refractivity contribution in [1.29, 1.82) is 0 Å². The first kappa shape index (κ1) is 12.2. The van der Waals surface area contributed by atoms with Crippen LogP contribution in [0.15, 0.2) is 18.2 Å². The van der Waals surface area contributed by atoms with Gasteiger partial charge in [0.25, 0.3) is 0 Å². The van der Waals surface area contributed by atoms with E-state index < -0.39 is 0 Å². The number of likely N-dealkylation sites (N-methyl/N-ethyl adjacent to an activating group) is 1. The summed E-state index contributed by atoms with van der Waals surface area (Å²) in [6.45, 7) is 5.78. The quantitative estimate of drug-likeness (QED) is 0.871. The fraction of sp³-hybridized carbons (Fsp3) is 0.571. The van der Waals surface area contributed by atoms with E-state index in [0.29, 0.717) is 0 Å². The maximum atomic E-state index is 6.05. The standard InChI is InChI=1S/C14H22N2O/c1-14(2,15)10-16(3)12-6-7-13-11(9-12)5-4-8-17-13/h6-7,9H,4-5,8,10,15H2,1-3H3. The Morgan fingerprint density at radius 3 is 2.88 bits per heavy atom. The van der Waals surface area contributed by atoms with E-state index in [2.05, 4.69) is 30.1 Å². The lowest BCUT2D eigenvalue weighted by atomic mass is 10.0. The van der Waals surface area contributed by atoms with Crippen molar-refractivity contribution in [3.63, 3.8) is 0 Å². The molecular formula is C14H22N2O. The smallest absolute Gasteiger partial charge is 0.122 e. The van der Waals surface area contributed by atoms with Crippen LogP contribution in [0.5, 0.6) is 5.75 Å². The zero-order valence-corrected chi connectivity index (χ0v) is 11.0. The fourth-order valence-corrected chi connectivity index (χ4v) is 2.29. The summed E-state index contributed by atoms with van der Waals surface area (Å²) in [5.41, 5.74) is 8.40. The molecule has 2 N–H and O–H groups in total. The van der Waals surface area contributed by atoms with Crippen molar-refractivity contribution in [2.75, 3.05) is 25.1 Å². The number of benzene rings is 1. The summed E-state index contributed by atoms with van der Waals surface area (Å²) >= 11 is 0. The molecular weight excluding hydrogens is 212 g/mol. The van der Waals surface area contributed by atoms with Gasteiger partial charge in [0, 0.05) is 24.8 Å². The van der Waals surface area contributed by atoms with Crippen molar-refractivity contribution in [2.45, 2.75) is 32.2 Å². The molecule has 0 amide bonds. The van der Waals surface area contributed by atoms with E-state index in [0.717, 1.165) is 31.7 Å². The molecule has 0 radical (unpaired) electrons. The van der Waals surface area contributed by atoms with Crippen LogP contribution in [0.3, 0.4) is 0 Å². The van der Waals surface area contributed by atoms with Gasteiger partial charge in [-0.05, 0) is 50.5 Å². The van der Waals surface area contributed by atoms with Gasteiger partial charge >= 0.3 is 0 Å². The first-order chi connectivity index (χ1) is 7.96. The summed E-state index contributed by atoms with van der Waals surface area (Å²) < 4.78 is 5.62. The molecule has 94 valence electrons. The van der Waals surface area contributed by atoms with Crippen LogP contribution in [0.4, 0.5) is 5.69 Å². The number of ether oxygens (including phenoxy) is 1. The SMILES string of the molecule is CN(CC(C)(C)N)c1ccc2c(c1)CCCO2. The molecule has 0 bridgehead atoms. The van der Waals surface area contributed by atoms with Crippen molar-refractivity contribution >= 4 is 5.69 Å². The van der Waals surface area contributed by atoms with E-state index in [1.54, 1.807) is 0 Å². The number of fused-ring (bicyclic) bond motifs is 1.